The molecule has 164 valence electrons. The van der Waals surface area contributed by atoms with Crippen LogP contribution in [0.15, 0.2) is 48.5 Å². The molecule has 1 atom stereocenters. The molecule has 6 nitrogen and oxygen atoms in total. The van der Waals surface area contributed by atoms with Gasteiger partial charge < -0.3 is 0 Å². The van der Waals surface area contributed by atoms with Crippen molar-refractivity contribution in [2.75, 3.05) is 18.1 Å². The first-order chi connectivity index (χ1) is 14.8. The van der Waals surface area contributed by atoms with Crippen LogP contribution in [0.4, 0.5) is 0 Å². The lowest BCUT2D eigenvalue weighted by Crippen LogP contribution is -2.37. The number of rotatable bonds is 6. The van der Waals surface area contributed by atoms with Crippen molar-refractivity contribution >= 4 is 45.3 Å². The van der Waals surface area contributed by atoms with E-state index in [1.807, 2.05) is 47.9 Å². The summed E-state index contributed by atoms with van der Waals surface area (Å²) < 4.78 is 28.1. The highest BCUT2D eigenvalue weighted by molar-refractivity contribution is 7.91. The van der Waals surface area contributed by atoms with Gasteiger partial charge in [-0.3, -0.25) is 9.47 Å². The van der Waals surface area contributed by atoms with Crippen molar-refractivity contribution in [3.8, 4) is 17.1 Å². The molecule has 10 heteroatoms. The van der Waals surface area contributed by atoms with E-state index in [2.05, 4.69) is 4.90 Å². The fourth-order valence-electron chi connectivity index (χ4n) is 3.86. The summed E-state index contributed by atoms with van der Waals surface area (Å²) in [7, 11) is -2.98. The number of benzene rings is 2. The lowest BCUT2D eigenvalue weighted by molar-refractivity contribution is 0.164. The maximum absolute atomic E-state index is 12.0. The summed E-state index contributed by atoms with van der Waals surface area (Å²) in [6.45, 7) is 3.10. The molecule has 0 radical (unpaired) electrons. The van der Waals surface area contributed by atoms with Crippen molar-refractivity contribution in [1.82, 2.24) is 19.2 Å². The average Bonchev–Trinajstić information content (AvgIpc) is 3.25. The number of sulfone groups is 1. The Morgan fingerprint density at radius 2 is 1.94 bits per heavy atom. The van der Waals surface area contributed by atoms with Gasteiger partial charge in [0.05, 0.1) is 23.2 Å². The van der Waals surface area contributed by atoms with Crippen LogP contribution >= 0.6 is 35.4 Å². The Morgan fingerprint density at radius 1 is 1.19 bits per heavy atom. The standard InChI is InChI=1S/C21H22Cl2N4O2S2/c1-2-25(17-10-11-31(28,29)13-17)14-26-21(30)27(16-6-4-3-5-7-16)20(24-26)18-9-8-15(22)12-19(18)23/h3-9,12,17H,2,10-11,13-14H2,1H3/t17-/m1/s1. The lowest BCUT2D eigenvalue weighted by Gasteiger charge is -2.26. The van der Waals surface area contributed by atoms with Crippen LogP contribution in [0.25, 0.3) is 17.1 Å². The third-order valence-corrected chi connectivity index (χ3v) is 8.16. The van der Waals surface area contributed by atoms with E-state index in [0.717, 1.165) is 5.69 Å². The second kappa shape index (κ2) is 9.03. The van der Waals surface area contributed by atoms with Gasteiger partial charge in [-0.25, -0.2) is 13.1 Å². The molecule has 0 aliphatic carbocycles. The minimum Gasteiger partial charge on any atom is -0.281 e. The summed E-state index contributed by atoms with van der Waals surface area (Å²) in [5, 5.41) is 5.82. The van der Waals surface area contributed by atoms with Gasteiger partial charge in [-0.05, 0) is 55.5 Å². The molecule has 1 saturated heterocycles. The molecule has 1 aliphatic rings. The van der Waals surface area contributed by atoms with Crippen LogP contribution in [0.5, 0.6) is 0 Å². The highest BCUT2D eigenvalue weighted by Crippen LogP contribution is 2.31. The second-order valence-electron chi connectivity index (χ2n) is 7.50. The second-order valence-corrected chi connectivity index (χ2v) is 10.9. The van der Waals surface area contributed by atoms with Gasteiger partial charge in [0.2, 0.25) is 4.77 Å². The van der Waals surface area contributed by atoms with Gasteiger partial charge in [-0.2, -0.15) is 0 Å². The summed E-state index contributed by atoms with van der Waals surface area (Å²) in [5.41, 5.74) is 1.58. The number of nitrogens with zero attached hydrogens (tertiary/aromatic N) is 4. The molecular weight excluding hydrogens is 475 g/mol. The number of hydrogen-bond acceptors (Lipinski definition) is 5. The maximum atomic E-state index is 12.0. The predicted octanol–water partition coefficient (Wildman–Crippen LogP) is 4.84. The molecule has 0 N–H and O–H groups in total. The van der Waals surface area contributed by atoms with E-state index in [9.17, 15) is 8.42 Å². The molecular formula is C21H22Cl2N4O2S2. The van der Waals surface area contributed by atoms with Gasteiger partial charge >= 0.3 is 0 Å². The van der Waals surface area contributed by atoms with E-state index in [1.54, 1.807) is 16.8 Å². The normalized spacial score (nSPS) is 18.0. The number of para-hydroxylation sites is 1. The Kier molecular flexibility index (Phi) is 6.55. The van der Waals surface area contributed by atoms with Crippen LogP contribution in [0.3, 0.4) is 0 Å². The number of halogens is 2. The summed E-state index contributed by atoms with van der Waals surface area (Å²) in [6, 6.07) is 14.9. The molecule has 0 amide bonds. The fourth-order valence-corrected chi connectivity index (χ4v) is 6.41. The largest absolute Gasteiger partial charge is 0.281 e. The van der Waals surface area contributed by atoms with Crippen LogP contribution in [-0.4, -0.2) is 51.8 Å². The van der Waals surface area contributed by atoms with Gasteiger partial charge in [-0.15, -0.1) is 5.10 Å². The fraction of sp³-hybridized carbons (Fsp3) is 0.333. The van der Waals surface area contributed by atoms with Crippen LogP contribution in [0.1, 0.15) is 13.3 Å². The topological polar surface area (TPSA) is 60.1 Å². The number of hydrogen-bond donors (Lipinski definition) is 0. The van der Waals surface area contributed by atoms with Crippen molar-refractivity contribution in [2.24, 2.45) is 0 Å². The Labute approximate surface area is 196 Å². The zero-order valence-electron chi connectivity index (χ0n) is 16.9. The molecule has 1 aromatic heterocycles. The molecule has 0 bridgehead atoms. The quantitative estimate of drug-likeness (QED) is 0.456. The molecule has 4 rings (SSSR count). The Balaban J connectivity index is 1.79. The lowest BCUT2D eigenvalue weighted by atomic mass is 10.2. The van der Waals surface area contributed by atoms with Crippen molar-refractivity contribution < 1.29 is 8.42 Å². The predicted molar refractivity (Wildman–Crippen MR) is 127 cm³/mol. The first-order valence-electron chi connectivity index (χ1n) is 9.94. The summed E-state index contributed by atoms with van der Waals surface area (Å²) in [6.07, 6.45) is 0.624. The minimum absolute atomic E-state index is 0.0404. The molecule has 2 heterocycles. The van der Waals surface area contributed by atoms with Gasteiger partial charge in [0.1, 0.15) is 0 Å². The van der Waals surface area contributed by atoms with E-state index in [4.69, 9.17) is 40.5 Å². The van der Waals surface area contributed by atoms with Crippen molar-refractivity contribution in [3.63, 3.8) is 0 Å². The third kappa shape index (κ3) is 4.73. The molecule has 1 fully saturated rings. The zero-order chi connectivity index (χ0) is 22.2. The maximum Gasteiger partial charge on any atom is 0.204 e. The molecule has 0 saturated carbocycles. The summed E-state index contributed by atoms with van der Waals surface area (Å²) in [4.78, 5) is 2.11. The first kappa shape index (κ1) is 22.5. The molecule has 0 spiro atoms. The van der Waals surface area contributed by atoms with Gasteiger partial charge in [0, 0.05) is 22.3 Å². The van der Waals surface area contributed by atoms with Crippen LogP contribution in [-0.2, 0) is 16.5 Å². The monoisotopic (exact) mass is 496 g/mol. The first-order valence-corrected chi connectivity index (χ1v) is 12.9. The van der Waals surface area contributed by atoms with Crippen LogP contribution in [0.2, 0.25) is 10.0 Å². The average molecular weight is 497 g/mol. The molecule has 2 aromatic carbocycles. The Hall–Kier alpha value is -1.71. The third-order valence-electron chi connectivity index (χ3n) is 5.47. The zero-order valence-corrected chi connectivity index (χ0v) is 20.1. The van der Waals surface area contributed by atoms with Crippen molar-refractivity contribution in [2.45, 2.75) is 26.1 Å². The molecule has 31 heavy (non-hydrogen) atoms. The number of aromatic nitrogens is 3. The minimum atomic E-state index is -2.98. The smallest absolute Gasteiger partial charge is 0.204 e. The van der Waals surface area contributed by atoms with Gasteiger partial charge in [0.15, 0.2) is 15.7 Å². The molecule has 0 unspecified atom stereocenters. The van der Waals surface area contributed by atoms with Gasteiger partial charge in [-0.1, -0.05) is 48.3 Å². The summed E-state index contributed by atoms with van der Waals surface area (Å²) in [5.74, 6) is 1.00. The van der Waals surface area contributed by atoms with E-state index in [0.29, 0.717) is 45.8 Å². The van der Waals surface area contributed by atoms with E-state index in [1.165, 1.54) is 0 Å². The molecule has 1 aliphatic heterocycles. The van der Waals surface area contributed by atoms with Gasteiger partial charge in [0.25, 0.3) is 0 Å². The van der Waals surface area contributed by atoms with Crippen molar-refractivity contribution in [3.05, 3.63) is 63.3 Å². The Morgan fingerprint density at radius 3 is 2.55 bits per heavy atom. The highest BCUT2D eigenvalue weighted by atomic mass is 35.5. The SMILES string of the molecule is CCN(Cn1nc(-c2ccc(Cl)cc2Cl)n(-c2ccccc2)c1=S)[C@@H]1CCS(=O)(=O)C1. The molecule has 3 aromatic rings. The summed E-state index contributed by atoms with van der Waals surface area (Å²) >= 11 is 18.4. The highest BCUT2D eigenvalue weighted by Gasteiger charge is 2.32. The van der Waals surface area contributed by atoms with Crippen molar-refractivity contribution in [1.29, 1.82) is 0 Å². The van der Waals surface area contributed by atoms with Crippen LogP contribution in [0, 0.1) is 4.77 Å². The van der Waals surface area contributed by atoms with Crippen LogP contribution < -0.4 is 0 Å². The van der Waals surface area contributed by atoms with E-state index in [-0.39, 0.29) is 17.5 Å². The Bertz CT molecular complexity index is 1260. The van der Waals surface area contributed by atoms with E-state index < -0.39 is 9.84 Å². The van der Waals surface area contributed by atoms with E-state index >= 15 is 0 Å².